The summed E-state index contributed by atoms with van der Waals surface area (Å²) in [6, 6.07) is 12.6. The molecule has 156 valence electrons. The number of nitrogens with one attached hydrogen (secondary N) is 1. The van der Waals surface area contributed by atoms with Crippen molar-refractivity contribution < 1.29 is 4.39 Å². The minimum Gasteiger partial charge on any atom is -0.344 e. The molecule has 0 heterocycles. The fourth-order valence-electron chi connectivity index (χ4n) is 3.28. The van der Waals surface area contributed by atoms with Gasteiger partial charge in [0.1, 0.15) is 5.82 Å². The SMILES string of the molecule is CC.CCNCCCC(C)C(C)c1cc(Cl)ccc1N(C)c1ccc(F)cc1. The Kier molecular flexibility index (Phi) is 11.2. The van der Waals surface area contributed by atoms with Crippen LogP contribution >= 0.6 is 11.6 Å². The van der Waals surface area contributed by atoms with E-state index in [0.29, 0.717) is 11.8 Å². The van der Waals surface area contributed by atoms with Gasteiger partial charge in [-0.3, -0.25) is 0 Å². The first kappa shape index (κ1) is 24.5. The number of anilines is 2. The zero-order valence-corrected chi connectivity index (χ0v) is 19.0. The van der Waals surface area contributed by atoms with Crippen molar-refractivity contribution in [3.63, 3.8) is 0 Å². The first-order valence-electron chi connectivity index (χ1n) is 10.4. The average molecular weight is 407 g/mol. The van der Waals surface area contributed by atoms with Crippen molar-refractivity contribution in [1.29, 1.82) is 0 Å². The molecule has 28 heavy (non-hydrogen) atoms. The summed E-state index contributed by atoms with van der Waals surface area (Å²) in [5.41, 5.74) is 3.31. The van der Waals surface area contributed by atoms with Crippen molar-refractivity contribution in [2.24, 2.45) is 5.92 Å². The molecule has 0 amide bonds. The quantitative estimate of drug-likeness (QED) is 0.436. The average Bonchev–Trinajstić information content (AvgIpc) is 2.72. The summed E-state index contributed by atoms with van der Waals surface area (Å²) in [6.07, 6.45) is 2.34. The fraction of sp³-hybridized carbons (Fsp3) is 0.500. The van der Waals surface area contributed by atoms with Crippen LogP contribution in [0.5, 0.6) is 0 Å². The van der Waals surface area contributed by atoms with Crippen molar-refractivity contribution in [3.8, 4) is 0 Å². The molecule has 1 N–H and O–H groups in total. The lowest BCUT2D eigenvalue weighted by Gasteiger charge is -2.28. The largest absolute Gasteiger partial charge is 0.344 e. The lowest BCUT2D eigenvalue weighted by molar-refractivity contribution is 0.433. The highest BCUT2D eigenvalue weighted by Gasteiger charge is 2.20. The van der Waals surface area contributed by atoms with Gasteiger partial charge in [-0.05, 0) is 85.8 Å². The Morgan fingerprint density at radius 2 is 1.71 bits per heavy atom. The second-order valence-corrected chi connectivity index (χ2v) is 7.44. The predicted molar refractivity (Wildman–Crippen MR) is 123 cm³/mol. The molecule has 4 heteroatoms. The maximum absolute atomic E-state index is 13.3. The molecule has 2 unspecified atom stereocenters. The summed E-state index contributed by atoms with van der Waals surface area (Å²) < 4.78 is 13.3. The Morgan fingerprint density at radius 3 is 2.32 bits per heavy atom. The monoisotopic (exact) mass is 406 g/mol. The van der Waals surface area contributed by atoms with Crippen LogP contribution in [-0.2, 0) is 0 Å². The van der Waals surface area contributed by atoms with Crippen LogP contribution in [0.25, 0.3) is 0 Å². The molecule has 0 spiro atoms. The molecule has 2 rings (SSSR count). The first-order valence-corrected chi connectivity index (χ1v) is 10.8. The highest BCUT2D eigenvalue weighted by atomic mass is 35.5. The van der Waals surface area contributed by atoms with Gasteiger partial charge >= 0.3 is 0 Å². The number of halogens is 2. The van der Waals surface area contributed by atoms with E-state index < -0.39 is 0 Å². The Morgan fingerprint density at radius 1 is 1.07 bits per heavy atom. The van der Waals surface area contributed by atoms with Crippen LogP contribution in [-0.4, -0.2) is 20.1 Å². The highest BCUT2D eigenvalue weighted by Crippen LogP contribution is 2.38. The molecule has 2 aromatic rings. The van der Waals surface area contributed by atoms with Gasteiger partial charge in [-0.1, -0.05) is 46.2 Å². The molecule has 0 fully saturated rings. The molecule has 2 nitrogen and oxygen atoms in total. The van der Waals surface area contributed by atoms with Gasteiger partial charge in [0.05, 0.1) is 0 Å². The summed E-state index contributed by atoms with van der Waals surface area (Å²) in [5, 5.41) is 4.14. The molecular weight excluding hydrogens is 371 g/mol. The summed E-state index contributed by atoms with van der Waals surface area (Å²) in [5.74, 6) is 0.710. The van der Waals surface area contributed by atoms with E-state index in [9.17, 15) is 4.39 Å². The van der Waals surface area contributed by atoms with Crippen LogP contribution in [0.1, 0.15) is 58.9 Å². The van der Waals surface area contributed by atoms with Crippen molar-refractivity contribution in [3.05, 3.63) is 58.9 Å². The van der Waals surface area contributed by atoms with Crippen LogP contribution < -0.4 is 10.2 Å². The topological polar surface area (TPSA) is 15.3 Å². The predicted octanol–water partition coefficient (Wildman–Crippen LogP) is 7.40. The summed E-state index contributed by atoms with van der Waals surface area (Å²) in [4.78, 5) is 2.10. The summed E-state index contributed by atoms with van der Waals surface area (Å²) >= 11 is 6.30. The van der Waals surface area contributed by atoms with Gasteiger partial charge in [0, 0.05) is 23.4 Å². The third-order valence-corrected chi connectivity index (χ3v) is 5.41. The van der Waals surface area contributed by atoms with Gasteiger partial charge in [0.25, 0.3) is 0 Å². The van der Waals surface area contributed by atoms with Gasteiger partial charge < -0.3 is 10.2 Å². The maximum Gasteiger partial charge on any atom is 0.123 e. The van der Waals surface area contributed by atoms with Gasteiger partial charge in [-0.15, -0.1) is 0 Å². The molecule has 0 aliphatic carbocycles. The molecule has 0 radical (unpaired) electrons. The van der Waals surface area contributed by atoms with Crippen LogP contribution in [0, 0.1) is 11.7 Å². The Balaban J connectivity index is 0.00000190. The van der Waals surface area contributed by atoms with E-state index in [-0.39, 0.29) is 5.82 Å². The first-order chi connectivity index (χ1) is 13.4. The second-order valence-electron chi connectivity index (χ2n) is 7.00. The maximum atomic E-state index is 13.3. The normalized spacial score (nSPS) is 12.7. The van der Waals surface area contributed by atoms with Gasteiger partial charge in [-0.25, -0.2) is 4.39 Å². The molecule has 0 bridgehead atoms. The standard InChI is InChI=1S/C22H30ClFN2.C2H6/c1-5-25-14-6-7-16(2)17(3)21-15-18(23)8-13-22(21)26(4)20-11-9-19(24)10-12-20;1-2/h8-13,15-17,25H,5-7,14H2,1-4H3;1-2H3. The Labute approximate surface area is 176 Å². The Hall–Kier alpha value is -1.58. The van der Waals surface area contributed by atoms with E-state index in [1.165, 1.54) is 30.5 Å². The van der Waals surface area contributed by atoms with Crippen molar-refractivity contribution in [1.82, 2.24) is 5.32 Å². The van der Waals surface area contributed by atoms with Gasteiger partial charge in [0.2, 0.25) is 0 Å². The van der Waals surface area contributed by atoms with E-state index >= 15 is 0 Å². The van der Waals surface area contributed by atoms with Crippen molar-refractivity contribution >= 4 is 23.0 Å². The van der Waals surface area contributed by atoms with Crippen LogP contribution in [0.2, 0.25) is 5.02 Å². The van der Waals surface area contributed by atoms with E-state index in [4.69, 9.17) is 11.6 Å². The molecule has 0 aliphatic rings. The number of rotatable bonds is 9. The molecule has 0 aromatic heterocycles. The number of benzene rings is 2. The van der Waals surface area contributed by atoms with E-state index in [1.807, 2.05) is 27.0 Å². The lowest BCUT2D eigenvalue weighted by Crippen LogP contribution is -2.18. The number of hydrogen-bond acceptors (Lipinski definition) is 2. The van der Waals surface area contributed by atoms with E-state index in [0.717, 1.165) is 29.5 Å². The van der Waals surface area contributed by atoms with Gasteiger partial charge in [0.15, 0.2) is 0 Å². The number of nitrogens with zero attached hydrogens (tertiary/aromatic N) is 1. The molecule has 2 atom stereocenters. The van der Waals surface area contributed by atoms with Crippen LogP contribution in [0.15, 0.2) is 42.5 Å². The summed E-state index contributed by atoms with van der Waals surface area (Å²) in [6.45, 7) is 12.8. The third kappa shape index (κ3) is 7.10. The Bertz CT molecular complexity index is 688. The smallest absolute Gasteiger partial charge is 0.123 e. The molecule has 0 aliphatic heterocycles. The second kappa shape index (κ2) is 12.8. The minimum absolute atomic E-state index is 0.221. The third-order valence-electron chi connectivity index (χ3n) is 5.17. The molecule has 2 aromatic carbocycles. The highest BCUT2D eigenvalue weighted by molar-refractivity contribution is 6.30. The zero-order valence-electron chi connectivity index (χ0n) is 18.2. The van der Waals surface area contributed by atoms with Crippen LogP contribution in [0.3, 0.4) is 0 Å². The lowest BCUT2D eigenvalue weighted by atomic mass is 9.85. The van der Waals surface area contributed by atoms with Crippen LogP contribution in [0.4, 0.5) is 15.8 Å². The summed E-state index contributed by atoms with van der Waals surface area (Å²) in [7, 11) is 2.02. The molecule has 0 saturated carbocycles. The van der Waals surface area contributed by atoms with Crippen molar-refractivity contribution in [2.75, 3.05) is 25.0 Å². The fourth-order valence-corrected chi connectivity index (χ4v) is 3.46. The van der Waals surface area contributed by atoms with E-state index in [1.54, 1.807) is 12.1 Å². The number of hydrogen-bond donors (Lipinski definition) is 1. The van der Waals surface area contributed by atoms with E-state index in [2.05, 4.69) is 43.1 Å². The molecule has 0 saturated heterocycles. The van der Waals surface area contributed by atoms with Gasteiger partial charge in [-0.2, -0.15) is 0 Å². The zero-order chi connectivity index (χ0) is 21.1. The molecular formula is C24H36ClFN2. The minimum atomic E-state index is -0.221. The van der Waals surface area contributed by atoms with Crippen molar-refractivity contribution in [2.45, 2.75) is 53.4 Å².